The van der Waals surface area contributed by atoms with Gasteiger partial charge in [0.25, 0.3) is 0 Å². The first-order valence-electron chi connectivity index (χ1n) is 6.71. The van der Waals surface area contributed by atoms with Gasteiger partial charge in [-0.3, -0.25) is 4.79 Å². The number of amides is 1. The van der Waals surface area contributed by atoms with Crippen LogP contribution in [-0.4, -0.2) is 29.9 Å². The third-order valence-corrected chi connectivity index (χ3v) is 3.50. The van der Waals surface area contributed by atoms with Gasteiger partial charge in [-0.15, -0.1) is 0 Å². The predicted octanol–water partition coefficient (Wildman–Crippen LogP) is 1.45. The number of aromatic nitrogens is 5. The zero-order valence-electron chi connectivity index (χ0n) is 11.8. The van der Waals surface area contributed by atoms with Gasteiger partial charge in [0.15, 0.2) is 5.65 Å². The van der Waals surface area contributed by atoms with Gasteiger partial charge in [-0.05, 0) is 24.6 Å². The number of carbonyl (C=O) groups excluding carboxylic acids is 1. The number of fused-ring (bicyclic) bond motifs is 2. The lowest BCUT2D eigenvalue weighted by Crippen LogP contribution is -2.11. The number of carbonyl (C=O) groups is 1. The summed E-state index contributed by atoms with van der Waals surface area (Å²) in [5.74, 6) is -0.467. The van der Waals surface area contributed by atoms with E-state index in [2.05, 4.69) is 15.1 Å². The number of aryl methyl sites for hydroxylation is 1. The van der Waals surface area contributed by atoms with E-state index >= 15 is 0 Å². The molecule has 0 aliphatic rings. The Bertz CT molecular complexity index is 1030. The summed E-state index contributed by atoms with van der Waals surface area (Å²) in [6.45, 7) is 1.96. The fourth-order valence-electron chi connectivity index (χ4n) is 2.42. The minimum atomic E-state index is -0.467. The highest BCUT2D eigenvalue weighted by Gasteiger charge is 2.12. The second-order valence-electron chi connectivity index (χ2n) is 5.13. The molecule has 22 heavy (non-hydrogen) atoms. The maximum Gasteiger partial charge on any atom is 0.250 e. The van der Waals surface area contributed by atoms with E-state index in [4.69, 9.17) is 5.73 Å². The summed E-state index contributed by atoms with van der Waals surface area (Å²) in [5, 5.41) is 4.30. The lowest BCUT2D eigenvalue weighted by atomic mass is 10.2. The van der Waals surface area contributed by atoms with Crippen LogP contribution in [0.25, 0.3) is 22.6 Å². The van der Waals surface area contributed by atoms with Crippen LogP contribution in [0.15, 0.2) is 43.1 Å². The van der Waals surface area contributed by atoms with Crippen molar-refractivity contribution in [2.75, 3.05) is 0 Å². The minimum Gasteiger partial charge on any atom is -0.366 e. The van der Waals surface area contributed by atoms with Crippen molar-refractivity contribution < 1.29 is 4.79 Å². The number of hydrogen-bond acceptors (Lipinski definition) is 4. The highest BCUT2D eigenvalue weighted by atomic mass is 16.1. The molecule has 4 aromatic rings. The molecule has 0 aromatic carbocycles. The Kier molecular flexibility index (Phi) is 2.50. The summed E-state index contributed by atoms with van der Waals surface area (Å²) in [6, 6.07) is 3.42. The topological polar surface area (TPSA) is 90.6 Å². The highest BCUT2D eigenvalue weighted by molar-refractivity contribution is 5.92. The molecule has 0 fully saturated rings. The van der Waals surface area contributed by atoms with Crippen LogP contribution in [-0.2, 0) is 0 Å². The molecule has 0 bridgehead atoms. The van der Waals surface area contributed by atoms with Gasteiger partial charge in [0.2, 0.25) is 5.91 Å². The Morgan fingerprint density at radius 3 is 2.86 bits per heavy atom. The zero-order valence-corrected chi connectivity index (χ0v) is 11.8. The SMILES string of the molecule is Cc1cnc2c(-c3cn4cc(C(N)=O)ccc4n3)cnn2c1. The van der Waals surface area contributed by atoms with Crippen LogP contribution >= 0.6 is 0 Å². The molecule has 108 valence electrons. The molecule has 0 unspecified atom stereocenters. The summed E-state index contributed by atoms with van der Waals surface area (Å²) in [4.78, 5) is 20.2. The van der Waals surface area contributed by atoms with Crippen LogP contribution in [0.3, 0.4) is 0 Å². The summed E-state index contributed by atoms with van der Waals surface area (Å²) in [7, 11) is 0. The predicted molar refractivity (Wildman–Crippen MR) is 80.4 cm³/mol. The van der Waals surface area contributed by atoms with Gasteiger partial charge >= 0.3 is 0 Å². The molecule has 0 aliphatic heterocycles. The van der Waals surface area contributed by atoms with Crippen molar-refractivity contribution in [3.05, 3.63) is 54.2 Å². The average Bonchev–Trinajstić information content (AvgIpc) is 3.08. The third kappa shape index (κ3) is 1.83. The largest absolute Gasteiger partial charge is 0.366 e. The maximum absolute atomic E-state index is 11.3. The molecule has 7 heteroatoms. The molecule has 2 N–H and O–H groups in total. The summed E-state index contributed by atoms with van der Waals surface area (Å²) < 4.78 is 3.50. The average molecular weight is 292 g/mol. The van der Waals surface area contributed by atoms with Gasteiger partial charge in [0.05, 0.1) is 23.0 Å². The van der Waals surface area contributed by atoms with Crippen LogP contribution < -0.4 is 5.73 Å². The van der Waals surface area contributed by atoms with E-state index in [9.17, 15) is 4.79 Å². The summed E-state index contributed by atoms with van der Waals surface area (Å²) in [6.07, 6.45) is 8.94. The Morgan fingerprint density at radius 1 is 1.18 bits per heavy atom. The monoisotopic (exact) mass is 292 g/mol. The molecule has 4 heterocycles. The van der Waals surface area contributed by atoms with Crippen molar-refractivity contribution in [2.24, 2.45) is 5.73 Å². The number of nitrogens with two attached hydrogens (primary N) is 1. The Hall–Kier alpha value is -3.22. The van der Waals surface area contributed by atoms with Crippen LogP contribution in [0.4, 0.5) is 0 Å². The van der Waals surface area contributed by atoms with Crippen molar-refractivity contribution in [3.63, 3.8) is 0 Å². The highest BCUT2D eigenvalue weighted by Crippen LogP contribution is 2.23. The van der Waals surface area contributed by atoms with Gasteiger partial charge in [0, 0.05) is 24.8 Å². The number of hydrogen-bond donors (Lipinski definition) is 1. The van der Waals surface area contributed by atoms with Gasteiger partial charge in [-0.2, -0.15) is 5.10 Å². The first-order chi connectivity index (χ1) is 10.6. The Morgan fingerprint density at radius 2 is 2.05 bits per heavy atom. The van der Waals surface area contributed by atoms with Crippen molar-refractivity contribution in [1.82, 2.24) is 24.0 Å². The molecule has 1 amide bonds. The van der Waals surface area contributed by atoms with E-state index in [1.807, 2.05) is 19.3 Å². The van der Waals surface area contributed by atoms with Gasteiger partial charge in [-0.1, -0.05) is 0 Å². The molecule has 0 saturated heterocycles. The van der Waals surface area contributed by atoms with Crippen LogP contribution in [0.1, 0.15) is 15.9 Å². The van der Waals surface area contributed by atoms with E-state index in [1.54, 1.807) is 39.6 Å². The molecule has 0 radical (unpaired) electrons. The quantitative estimate of drug-likeness (QED) is 0.605. The Labute approximate surface area is 125 Å². The molecule has 0 atom stereocenters. The van der Waals surface area contributed by atoms with Crippen molar-refractivity contribution in [2.45, 2.75) is 6.92 Å². The first-order valence-corrected chi connectivity index (χ1v) is 6.71. The maximum atomic E-state index is 11.3. The van der Waals surface area contributed by atoms with E-state index in [0.29, 0.717) is 5.56 Å². The first kappa shape index (κ1) is 12.5. The van der Waals surface area contributed by atoms with Gasteiger partial charge in [-0.25, -0.2) is 14.5 Å². The molecule has 0 saturated carbocycles. The fraction of sp³-hybridized carbons (Fsp3) is 0.0667. The molecular weight excluding hydrogens is 280 g/mol. The normalized spacial score (nSPS) is 11.3. The van der Waals surface area contributed by atoms with Crippen LogP contribution in [0, 0.1) is 6.92 Å². The van der Waals surface area contributed by atoms with E-state index in [0.717, 1.165) is 28.1 Å². The smallest absolute Gasteiger partial charge is 0.250 e. The van der Waals surface area contributed by atoms with E-state index in [-0.39, 0.29) is 0 Å². The number of primary amides is 1. The second-order valence-corrected chi connectivity index (χ2v) is 5.13. The number of nitrogens with zero attached hydrogens (tertiary/aromatic N) is 5. The van der Waals surface area contributed by atoms with Gasteiger partial charge < -0.3 is 10.1 Å². The van der Waals surface area contributed by atoms with Crippen molar-refractivity contribution in [3.8, 4) is 11.3 Å². The zero-order chi connectivity index (χ0) is 15.3. The fourth-order valence-corrected chi connectivity index (χ4v) is 2.42. The van der Waals surface area contributed by atoms with E-state index < -0.39 is 5.91 Å². The van der Waals surface area contributed by atoms with Crippen LogP contribution in [0.2, 0.25) is 0 Å². The molecule has 0 aliphatic carbocycles. The molecule has 4 rings (SSSR count). The lowest BCUT2D eigenvalue weighted by molar-refractivity contribution is 0.1000. The van der Waals surface area contributed by atoms with Crippen molar-refractivity contribution in [1.29, 1.82) is 0 Å². The number of imidazole rings is 1. The van der Waals surface area contributed by atoms with E-state index in [1.165, 1.54) is 0 Å². The number of rotatable bonds is 2. The standard InChI is InChI=1S/C15H12N6O/c1-9-4-17-15-11(5-18-21(15)6-9)12-8-20-7-10(14(16)22)2-3-13(20)19-12/h2-8H,1H3,(H2,16,22). The third-order valence-electron chi connectivity index (χ3n) is 3.50. The molecule has 7 nitrogen and oxygen atoms in total. The summed E-state index contributed by atoms with van der Waals surface area (Å²) >= 11 is 0. The lowest BCUT2D eigenvalue weighted by Gasteiger charge is -1.96. The molecule has 0 spiro atoms. The Balaban J connectivity index is 1.90. The number of pyridine rings is 1. The van der Waals surface area contributed by atoms with Gasteiger partial charge in [0.1, 0.15) is 5.65 Å². The molecule has 4 aromatic heterocycles. The van der Waals surface area contributed by atoms with Crippen LogP contribution in [0.5, 0.6) is 0 Å². The minimum absolute atomic E-state index is 0.435. The summed E-state index contributed by atoms with van der Waals surface area (Å²) in [5.41, 5.74) is 9.81. The molecular formula is C15H12N6O. The second kappa shape index (κ2) is 4.39. The van der Waals surface area contributed by atoms with Crippen molar-refractivity contribution >= 4 is 17.2 Å².